The minimum atomic E-state index is -2.96. The fourth-order valence-corrected chi connectivity index (χ4v) is 3.03. The van der Waals surface area contributed by atoms with E-state index in [4.69, 9.17) is 4.74 Å². The van der Waals surface area contributed by atoms with E-state index in [1.165, 1.54) is 12.8 Å². The van der Waals surface area contributed by atoms with E-state index >= 15 is 0 Å². The molecule has 0 aromatic carbocycles. The largest absolute Gasteiger partial charge is 0.477 e. The van der Waals surface area contributed by atoms with Crippen LogP contribution in [0.2, 0.25) is 0 Å². The second-order valence-electron chi connectivity index (χ2n) is 6.59. The van der Waals surface area contributed by atoms with Gasteiger partial charge in [-0.1, -0.05) is 6.92 Å². The fraction of sp³-hybridized carbons (Fsp3) is 0.500. The third-order valence-electron chi connectivity index (χ3n) is 4.42. The Bertz CT molecular complexity index is 953. The van der Waals surface area contributed by atoms with Gasteiger partial charge in [-0.3, -0.25) is 4.40 Å². The zero-order chi connectivity index (χ0) is 18.3. The Kier molecular flexibility index (Phi) is 4.34. The molecule has 0 saturated heterocycles. The summed E-state index contributed by atoms with van der Waals surface area (Å²) in [6, 6.07) is 3.42. The summed E-state index contributed by atoms with van der Waals surface area (Å²) >= 11 is 0. The number of hydrogen-bond acceptors (Lipinski definition) is 5. The van der Waals surface area contributed by atoms with E-state index in [2.05, 4.69) is 19.7 Å². The summed E-state index contributed by atoms with van der Waals surface area (Å²) in [6.45, 7) is 1.48. The maximum absolute atomic E-state index is 12.9. The van der Waals surface area contributed by atoms with Gasteiger partial charge in [0.2, 0.25) is 11.8 Å². The highest BCUT2D eigenvalue weighted by atomic mass is 19.3. The lowest BCUT2D eigenvalue weighted by Gasteiger charge is -2.11. The quantitative estimate of drug-likeness (QED) is 0.637. The average molecular weight is 362 g/mol. The number of alkyl halides is 2. The third-order valence-corrected chi connectivity index (χ3v) is 4.42. The summed E-state index contributed by atoms with van der Waals surface area (Å²) in [5, 5.41) is 0. The van der Waals surface area contributed by atoms with Crippen molar-refractivity contribution in [1.29, 1.82) is 0 Å². The molecule has 0 amide bonds. The van der Waals surface area contributed by atoms with Crippen molar-refractivity contribution in [1.82, 2.24) is 19.4 Å². The van der Waals surface area contributed by atoms with Crippen molar-refractivity contribution in [3.8, 4) is 11.8 Å². The number of pyridine rings is 1. The molecule has 1 fully saturated rings. The Morgan fingerprint density at radius 2 is 2.04 bits per heavy atom. The molecule has 138 valence electrons. The first-order chi connectivity index (χ1) is 12.6. The highest BCUT2D eigenvalue weighted by molar-refractivity contribution is 5.79. The van der Waals surface area contributed by atoms with Gasteiger partial charge in [0.15, 0.2) is 5.65 Å². The summed E-state index contributed by atoms with van der Waals surface area (Å²) in [6.07, 6.45) is 3.94. The highest BCUT2D eigenvalue weighted by Gasteiger charge is 2.23. The van der Waals surface area contributed by atoms with Gasteiger partial charge in [0.1, 0.15) is 16.9 Å². The predicted octanol–water partition coefficient (Wildman–Crippen LogP) is 3.93. The number of ether oxygens (including phenoxy) is 2. The van der Waals surface area contributed by atoms with Crippen LogP contribution in [0.15, 0.2) is 12.1 Å². The van der Waals surface area contributed by atoms with Crippen molar-refractivity contribution in [2.75, 3.05) is 6.61 Å². The molecule has 26 heavy (non-hydrogen) atoms. The number of hydrogen-bond donors (Lipinski definition) is 0. The SMILES string of the molecule is CCCc1nc(C)c2c(OC(F)F)nc3ccc(OCC4CC4)nc3n12. The predicted molar refractivity (Wildman–Crippen MR) is 91.9 cm³/mol. The van der Waals surface area contributed by atoms with Crippen molar-refractivity contribution < 1.29 is 18.3 Å². The molecule has 4 rings (SSSR count). The lowest BCUT2D eigenvalue weighted by molar-refractivity contribution is -0.0517. The van der Waals surface area contributed by atoms with Crippen LogP contribution in [0.25, 0.3) is 16.7 Å². The first-order valence-electron chi connectivity index (χ1n) is 8.83. The number of imidazole rings is 1. The topological polar surface area (TPSA) is 61.5 Å². The standard InChI is InChI=1S/C18H20F2N4O2/c1-3-4-13-21-10(2)15-17(26-18(19)20)22-12-7-8-14(23-16(12)24(13)15)25-9-11-5-6-11/h7-8,11,18H,3-6,9H2,1-2H3. The van der Waals surface area contributed by atoms with Crippen LogP contribution in [0.5, 0.6) is 11.8 Å². The molecule has 0 N–H and O–H groups in total. The van der Waals surface area contributed by atoms with Crippen LogP contribution < -0.4 is 9.47 Å². The zero-order valence-corrected chi connectivity index (χ0v) is 14.7. The zero-order valence-electron chi connectivity index (χ0n) is 14.7. The van der Waals surface area contributed by atoms with Gasteiger partial charge in [-0.05, 0) is 38.2 Å². The van der Waals surface area contributed by atoms with Crippen molar-refractivity contribution >= 4 is 16.7 Å². The van der Waals surface area contributed by atoms with E-state index in [-0.39, 0.29) is 5.88 Å². The average Bonchev–Trinajstić information content (AvgIpc) is 3.36. The summed E-state index contributed by atoms with van der Waals surface area (Å²) < 4.78 is 37.9. The van der Waals surface area contributed by atoms with Crippen LogP contribution in [0.4, 0.5) is 8.78 Å². The minimum Gasteiger partial charge on any atom is -0.477 e. The Labute approximate surface area is 149 Å². The molecule has 0 spiro atoms. The number of nitrogens with zero attached hydrogens (tertiary/aromatic N) is 4. The molecule has 1 saturated carbocycles. The number of fused-ring (bicyclic) bond motifs is 3. The molecule has 0 aliphatic heterocycles. The summed E-state index contributed by atoms with van der Waals surface area (Å²) in [4.78, 5) is 13.3. The van der Waals surface area contributed by atoms with Crippen molar-refractivity contribution in [2.45, 2.75) is 46.1 Å². The fourth-order valence-electron chi connectivity index (χ4n) is 3.03. The summed E-state index contributed by atoms with van der Waals surface area (Å²) in [7, 11) is 0. The molecule has 3 heterocycles. The maximum Gasteiger partial charge on any atom is 0.388 e. The van der Waals surface area contributed by atoms with Crippen molar-refractivity contribution in [3.63, 3.8) is 0 Å². The van der Waals surface area contributed by atoms with E-state index in [1.54, 1.807) is 23.5 Å². The number of halogens is 2. The van der Waals surface area contributed by atoms with E-state index in [9.17, 15) is 8.78 Å². The normalized spacial score (nSPS) is 14.5. The monoisotopic (exact) mass is 362 g/mol. The van der Waals surface area contributed by atoms with Crippen LogP contribution >= 0.6 is 0 Å². The summed E-state index contributed by atoms with van der Waals surface area (Å²) in [5.41, 5.74) is 2.01. The molecule has 1 aliphatic rings. The van der Waals surface area contributed by atoms with E-state index < -0.39 is 6.61 Å². The van der Waals surface area contributed by atoms with Crippen LogP contribution in [-0.4, -0.2) is 32.6 Å². The molecule has 3 aromatic heterocycles. The molecule has 8 heteroatoms. The smallest absolute Gasteiger partial charge is 0.388 e. The Morgan fingerprint density at radius 1 is 1.23 bits per heavy atom. The van der Waals surface area contributed by atoms with Crippen LogP contribution in [0, 0.1) is 12.8 Å². The van der Waals surface area contributed by atoms with Gasteiger partial charge in [-0.15, -0.1) is 0 Å². The summed E-state index contributed by atoms with van der Waals surface area (Å²) in [5.74, 6) is 1.73. The molecule has 0 bridgehead atoms. The van der Waals surface area contributed by atoms with Crippen LogP contribution in [0.1, 0.15) is 37.7 Å². The van der Waals surface area contributed by atoms with Crippen molar-refractivity contribution in [3.05, 3.63) is 23.7 Å². The molecule has 3 aromatic rings. The molecular weight excluding hydrogens is 342 g/mol. The first kappa shape index (κ1) is 16.9. The number of aromatic nitrogens is 4. The van der Waals surface area contributed by atoms with Crippen LogP contribution in [-0.2, 0) is 6.42 Å². The van der Waals surface area contributed by atoms with E-state index in [0.29, 0.717) is 47.2 Å². The van der Waals surface area contributed by atoms with Gasteiger partial charge in [0.25, 0.3) is 0 Å². The lowest BCUT2D eigenvalue weighted by atomic mass is 10.3. The van der Waals surface area contributed by atoms with Crippen molar-refractivity contribution in [2.24, 2.45) is 5.92 Å². The minimum absolute atomic E-state index is 0.131. The lowest BCUT2D eigenvalue weighted by Crippen LogP contribution is -2.08. The van der Waals surface area contributed by atoms with Gasteiger partial charge >= 0.3 is 6.61 Å². The van der Waals surface area contributed by atoms with Gasteiger partial charge in [-0.25, -0.2) is 9.97 Å². The Morgan fingerprint density at radius 3 is 2.73 bits per heavy atom. The molecule has 1 aliphatic carbocycles. The second kappa shape index (κ2) is 6.66. The Balaban J connectivity index is 1.89. The van der Waals surface area contributed by atoms with Gasteiger partial charge in [0, 0.05) is 12.5 Å². The van der Waals surface area contributed by atoms with E-state index in [1.807, 2.05) is 6.92 Å². The molecule has 0 atom stereocenters. The number of rotatable bonds is 7. The van der Waals surface area contributed by atoms with Gasteiger partial charge < -0.3 is 9.47 Å². The third kappa shape index (κ3) is 3.15. The molecular formula is C18H20F2N4O2. The molecule has 0 unspecified atom stereocenters. The van der Waals surface area contributed by atoms with Gasteiger partial charge in [-0.2, -0.15) is 13.8 Å². The van der Waals surface area contributed by atoms with Gasteiger partial charge in [0.05, 0.1) is 12.3 Å². The highest BCUT2D eigenvalue weighted by Crippen LogP contribution is 2.31. The first-order valence-corrected chi connectivity index (χ1v) is 8.83. The number of aryl methyl sites for hydroxylation is 2. The Hall–Kier alpha value is -2.51. The molecule has 6 nitrogen and oxygen atoms in total. The molecule has 0 radical (unpaired) electrons. The maximum atomic E-state index is 12.9. The van der Waals surface area contributed by atoms with Crippen LogP contribution in [0.3, 0.4) is 0 Å². The second-order valence-corrected chi connectivity index (χ2v) is 6.59. The van der Waals surface area contributed by atoms with E-state index in [0.717, 1.165) is 12.2 Å².